The van der Waals surface area contributed by atoms with Gasteiger partial charge in [0, 0.05) is 11.1 Å². The van der Waals surface area contributed by atoms with Crippen LogP contribution in [0.25, 0.3) is 10.8 Å². The number of nitrogens with one attached hydrogen (secondary N) is 2. The van der Waals surface area contributed by atoms with Crippen LogP contribution in [0.2, 0.25) is 0 Å². The molecule has 5 rings (SSSR count). The minimum Gasteiger partial charge on any atom is -0.377 e. The van der Waals surface area contributed by atoms with Gasteiger partial charge in [-0.3, -0.25) is 4.79 Å². The first kappa shape index (κ1) is 16.8. The van der Waals surface area contributed by atoms with Crippen molar-refractivity contribution in [3.8, 4) is 0 Å². The van der Waals surface area contributed by atoms with Crippen molar-refractivity contribution in [3.05, 3.63) is 106 Å². The molecule has 4 heteroatoms. The van der Waals surface area contributed by atoms with E-state index in [4.69, 9.17) is 0 Å². The molecule has 2 atom stereocenters. The summed E-state index contributed by atoms with van der Waals surface area (Å²) in [6.07, 6.45) is 0.964. The lowest BCUT2D eigenvalue weighted by Gasteiger charge is -2.35. The molecule has 28 heavy (non-hydrogen) atoms. The highest BCUT2D eigenvalue weighted by molar-refractivity contribution is 5.97. The van der Waals surface area contributed by atoms with E-state index >= 15 is 0 Å². The van der Waals surface area contributed by atoms with E-state index in [9.17, 15) is 4.79 Å². The number of aryl methyl sites for hydroxylation is 1. The standard InChI is InChI=1S/C24H21N3O/c1-2-15-9-6-7-12-17(15)22-20(16-10-4-3-5-11-16)23-21-18(24(28)27-26-23)13-8-14-19(21)25-22/h3-14,20,22,25H,2H2,1H3,(H,27,28). The van der Waals surface area contributed by atoms with Crippen molar-refractivity contribution in [1.29, 1.82) is 0 Å². The summed E-state index contributed by atoms with van der Waals surface area (Å²) in [7, 11) is 0. The second kappa shape index (κ2) is 6.64. The number of aromatic nitrogens is 2. The zero-order valence-electron chi connectivity index (χ0n) is 15.6. The molecule has 2 heterocycles. The van der Waals surface area contributed by atoms with Crippen molar-refractivity contribution < 1.29 is 0 Å². The summed E-state index contributed by atoms with van der Waals surface area (Å²) < 4.78 is 0. The van der Waals surface area contributed by atoms with Gasteiger partial charge in [0.1, 0.15) is 0 Å². The molecule has 0 fully saturated rings. The molecule has 0 aliphatic carbocycles. The molecule has 138 valence electrons. The largest absolute Gasteiger partial charge is 0.377 e. The predicted molar refractivity (Wildman–Crippen MR) is 113 cm³/mol. The molecule has 0 radical (unpaired) electrons. The van der Waals surface area contributed by atoms with Crippen LogP contribution in [-0.4, -0.2) is 10.2 Å². The molecular formula is C24H21N3O. The molecule has 1 aliphatic rings. The van der Waals surface area contributed by atoms with Crippen LogP contribution in [0.3, 0.4) is 0 Å². The molecule has 0 saturated heterocycles. The topological polar surface area (TPSA) is 57.8 Å². The van der Waals surface area contributed by atoms with Crippen molar-refractivity contribution in [2.24, 2.45) is 0 Å². The second-order valence-corrected chi connectivity index (χ2v) is 7.23. The van der Waals surface area contributed by atoms with E-state index in [1.807, 2.05) is 24.3 Å². The highest BCUT2D eigenvalue weighted by atomic mass is 16.1. The van der Waals surface area contributed by atoms with Crippen LogP contribution in [0.1, 0.15) is 41.3 Å². The van der Waals surface area contributed by atoms with Crippen LogP contribution in [0.5, 0.6) is 0 Å². The lowest BCUT2D eigenvalue weighted by Crippen LogP contribution is -2.28. The van der Waals surface area contributed by atoms with Gasteiger partial charge in [0.05, 0.1) is 23.0 Å². The SMILES string of the molecule is CCc1ccccc1C1Nc2cccc3c(=O)[nH]nc(c23)C1c1ccccc1. The molecule has 2 N–H and O–H groups in total. The summed E-state index contributed by atoms with van der Waals surface area (Å²) in [5.41, 5.74) is 5.51. The molecule has 1 aliphatic heterocycles. The fourth-order valence-electron chi connectivity index (χ4n) is 4.43. The molecule has 0 amide bonds. The van der Waals surface area contributed by atoms with Gasteiger partial charge in [-0.2, -0.15) is 5.10 Å². The fourth-order valence-corrected chi connectivity index (χ4v) is 4.43. The van der Waals surface area contributed by atoms with Crippen LogP contribution >= 0.6 is 0 Å². The predicted octanol–water partition coefficient (Wildman–Crippen LogP) is 4.78. The number of rotatable bonds is 3. The van der Waals surface area contributed by atoms with Crippen molar-refractivity contribution in [2.45, 2.75) is 25.3 Å². The number of hydrogen-bond acceptors (Lipinski definition) is 3. The van der Waals surface area contributed by atoms with Gasteiger partial charge >= 0.3 is 0 Å². The highest BCUT2D eigenvalue weighted by Gasteiger charge is 2.35. The molecule has 0 bridgehead atoms. The Morgan fingerprint density at radius 3 is 2.54 bits per heavy atom. The number of anilines is 1. The van der Waals surface area contributed by atoms with Gasteiger partial charge in [-0.25, -0.2) is 5.10 Å². The van der Waals surface area contributed by atoms with Crippen LogP contribution in [-0.2, 0) is 6.42 Å². The Bertz CT molecular complexity index is 1210. The van der Waals surface area contributed by atoms with Gasteiger partial charge in [0.15, 0.2) is 0 Å². The molecule has 0 saturated carbocycles. The Morgan fingerprint density at radius 1 is 0.929 bits per heavy atom. The lowest BCUT2D eigenvalue weighted by molar-refractivity contribution is 0.633. The number of H-pyrrole nitrogens is 1. The Morgan fingerprint density at radius 2 is 1.71 bits per heavy atom. The molecule has 4 nitrogen and oxygen atoms in total. The molecule has 0 spiro atoms. The third-order valence-electron chi connectivity index (χ3n) is 5.71. The summed E-state index contributed by atoms with van der Waals surface area (Å²) in [6, 6.07) is 24.9. The maximum atomic E-state index is 12.4. The van der Waals surface area contributed by atoms with Crippen molar-refractivity contribution in [2.75, 3.05) is 5.32 Å². The van der Waals surface area contributed by atoms with E-state index in [0.29, 0.717) is 5.39 Å². The Balaban J connectivity index is 1.81. The van der Waals surface area contributed by atoms with Crippen LogP contribution in [0.4, 0.5) is 5.69 Å². The zero-order valence-corrected chi connectivity index (χ0v) is 15.6. The molecular weight excluding hydrogens is 346 g/mol. The van der Waals surface area contributed by atoms with Crippen molar-refractivity contribution in [1.82, 2.24) is 10.2 Å². The van der Waals surface area contributed by atoms with Crippen LogP contribution in [0.15, 0.2) is 77.6 Å². The Hall–Kier alpha value is -3.40. The average Bonchev–Trinajstić information content (AvgIpc) is 2.76. The Labute approximate surface area is 163 Å². The van der Waals surface area contributed by atoms with Crippen LogP contribution in [0, 0.1) is 0 Å². The summed E-state index contributed by atoms with van der Waals surface area (Å²) >= 11 is 0. The van der Waals surface area contributed by atoms with Crippen molar-refractivity contribution >= 4 is 16.5 Å². The van der Waals surface area contributed by atoms with Crippen molar-refractivity contribution in [3.63, 3.8) is 0 Å². The second-order valence-electron chi connectivity index (χ2n) is 7.23. The number of benzene rings is 3. The quantitative estimate of drug-likeness (QED) is 0.548. The summed E-state index contributed by atoms with van der Waals surface area (Å²) in [4.78, 5) is 12.4. The first-order valence-corrected chi connectivity index (χ1v) is 9.68. The smallest absolute Gasteiger partial charge is 0.272 e. The average molecular weight is 367 g/mol. The number of nitrogens with zero attached hydrogens (tertiary/aromatic N) is 1. The fraction of sp³-hybridized carbons (Fsp3) is 0.167. The molecule has 2 unspecified atom stereocenters. The van der Waals surface area contributed by atoms with Gasteiger partial charge in [-0.05, 0) is 35.2 Å². The first-order valence-electron chi connectivity index (χ1n) is 9.68. The van der Waals surface area contributed by atoms with E-state index in [1.54, 1.807) is 0 Å². The van der Waals surface area contributed by atoms with Gasteiger partial charge in [-0.15, -0.1) is 0 Å². The minimum atomic E-state index is -0.151. The zero-order chi connectivity index (χ0) is 19.1. The summed E-state index contributed by atoms with van der Waals surface area (Å²) in [5, 5.41) is 12.6. The van der Waals surface area contributed by atoms with E-state index in [2.05, 4.69) is 71.0 Å². The molecule has 4 aromatic rings. The van der Waals surface area contributed by atoms with Gasteiger partial charge in [0.25, 0.3) is 5.56 Å². The lowest BCUT2D eigenvalue weighted by atomic mass is 9.78. The first-order chi connectivity index (χ1) is 13.8. The van der Waals surface area contributed by atoms with E-state index in [1.165, 1.54) is 16.7 Å². The van der Waals surface area contributed by atoms with E-state index in [-0.39, 0.29) is 17.5 Å². The maximum Gasteiger partial charge on any atom is 0.272 e. The van der Waals surface area contributed by atoms with E-state index in [0.717, 1.165) is 23.2 Å². The monoisotopic (exact) mass is 367 g/mol. The van der Waals surface area contributed by atoms with Gasteiger partial charge in [0.2, 0.25) is 0 Å². The maximum absolute atomic E-state index is 12.4. The minimum absolute atomic E-state index is 0.00292. The number of aromatic amines is 1. The Kier molecular flexibility index (Phi) is 3.97. The number of hydrogen-bond donors (Lipinski definition) is 2. The third-order valence-corrected chi connectivity index (χ3v) is 5.71. The normalized spacial score (nSPS) is 18.0. The van der Waals surface area contributed by atoms with E-state index < -0.39 is 0 Å². The van der Waals surface area contributed by atoms with Crippen LogP contribution < -0.4 is 10.9 Å². The molecule has 1 aromatic heterocycles. The van der Waals surface area contributed by atoms with Gasteiger partial charge in [-0.1, -0.05) is 67.6 Å². The third kappa shape index (κ3) is 2.53. The summed E-state index contributed by atoms with van der Waals surface area (Å²) in [6.45, 7) is 2.18. The highest BCUT2D eigenvalue weighted by Crippen LogP contribution is 2.46. The molecule has 3 aromatic carbocycles. The van der Waals surface area contributed by atoms with Gasteiger partial charge < -0.3 is 5.32 Å². The summed E-state index contributed by atoms with van der Waals surface area (Å²) in [5.74, 6) is 0.00292.